The lowest BCUT2D eigenvalue weighted by Crippen LogP contribution is -2.34. The van der Waals surface area contributed by atoms with Crippen molar-refractivity contribution in [1.29, 1.82) is 0 Å². The maximum Gasteiger partial charge on any atom is 0.416 e. The normalized spacial score (nSPS) is 14.5. The van der Waals surface area contributed by atoms with Crippen LogP contribution in [0.2, 0.25) is 0 Å². The Morgan fingerprint density at radius 2 is 1.77 bits per heavy atom. The second-order valence-electron chi connectivity index (χ2n) is 8.09. The molecule has 0 unspecified atom stereocenters. The van der Waals surface area contributed by atoms with E-state index in [4.69, 9.17) is 4.18 Å². The van der Waals surface area contributed by atoms with Gasteiger partial charge >= 0.3 is 16.3 Å². The van der Waals surface area contributed by atoms with Crippen LogP contribution in [0, 0.1) is 11.8 Å². The summed E-state index contributed by atoms with van der Waals surface area (Å²) in [5.41, 5.74) is -0.267. The van der Waals surface area contributed by atoms with Gasteiger partial charge in [0.15, 0.2) is 0 Å². The smallest absolute Gasteiger partial charge is 0.379 e. The molecule has 0 aliphatic heterocycles. The fraction of sp³-hybridized carbons (Fsp3) is 0.409. The zero-order chi connectivity index (χ0) is 22.8. The molecule has 0 atom stereocenters. The van der Waals surface area contributed by atoms with E-state index in [0.717, 1.165) is 36.6 Å². The van der Waals surface area contributed by atoms with Crippen molar-refractivity contribution in [3.63, 3.8) is 0 Å². The van der Waals surface area contributed by atoms with Crippen LogP contribution in [-0.4, -0.2) is 25.8 Å². The fourth-order valence-corrected chi connectivity index (χ4v) is 4.11. The molecule has 1 fully saturated rings. The highest BCUT2D eigenvalue weighted by atomic mass is 32.2. The molecule has 1 amide bonds. The van der Waals surface area contributed by atoms with Crippen molar-refractivity contribution in [3.05, 3.63) is 59.7 Å². The highest BCUT2D eigenvalue weighted by Crippen LogP contribution is 2.32. The van der Waals surface area contributed by atoms with Crippen molar-refractivity contribution in [3.8, 4) is 5.75 Å². The number of alkyl halides is 3. The van der Waals surface area contributed by atoms with E-state index >= 15 is 0 Å². The minimum absolute atomic E-state index is 0.0231. The third-order valence-corrected chi connectivity index (χ3v) is 6.02. The van der Waals surface area contributed by atoms with Gasteiger partial charge in [0.25, 0.3) is 0 Å². The van der Waals surface area contributed by atoms with Crippen LogP contribution in [-0.2, 0) is 27.6 Å². The molecule has 31 heavy (non-hydrogen) atoms. The van der Waals surface area contributed by atoms with Gasteiger partial charge in [-0.05, 0) is 54.7 Å². The third kappa shape index (κ3) is 6.22. The Hall–Kier alpha value is -2.55. The van der Waals surface area contributed by atoms with Crippen molar-refractivity contribution in [1.82, 2.24) is 4.90 Å². The zero-order valence-corrected chi connectivity index (χ0v) is 18.0. The number of amides is 1. The minimum atomic E-state index is -4.66. The van der Waals surface area contributed by atoms with E-state index in [0.29, 0.717) is 25.1 Å². The van der Waals surface area contributed by atoms with E-state index in [1.807, 2.05) is 13.8 Å². The molecule has 0 bridgehead atoms. The molecule has 1 aliphatic carbocycles. The molecule has 2 aromatic rings. The lowest BCUT2D eigenvalue weighted by Gasteiger charge is -2.25. The molecule has 0 radical (unpaired) electrons. The van der Waals surface area contributed by atoms with Crippen molar-refractivity contribution in [2.75, 3.05) is 6.54 Å². The van der Waals surface area contributed by atoms with Gasteiger partial charge in [-0.25, -0.2) is 0 Å². The van der Waals surface area contributed by atoms with Crippen LogP contribution in [0.25, 0.3) is 0 Å². The number of rotatable bonds is 8. The topological polar surface area (TPSA) is 63.7 Å². The van der Waals surface area contributed by atoms with Gasteiger partial charge in [0, 0.05) is 19.0 Å². The average molecular weight is 455 g/mol. The Morgan fingerprint density at radius 1 is 1.13 bits per heavy atom. The zero-order valence-electron chi connectivity index (χ0n) is 17.2. The number of carbonyl (C=O) groups is 1. The summed E-state index contributed by atoms with van der Waals surface area (Å²) in [4.78, 5) is 13.7. The molecule has 0 heterocycles. The van der Waals surface area contributed by atoms with E-state index < -0.39 is 26.8 Å². The van der Waals surface area contributed by atoms with Crippen molar-refractivity contribution in [2.45, 2.75) is 44.3 Å². The van der Waals surface area contributed by atoms with Gasteiger partial charge in [0.2, 0.25) is 5.91 Å². The second-order valence-corrected chi connectivity index (χ2v) is 9.64. The first-order valence-corrected chi connectivity index (χ1v) is 11.4. The summed E-state index contributed by atoms with van der Waals surface area (Å²) < 4.78 is 68.4. The molecule has 168 valence electrons. The molecule has 9 heteroatoms. The number of carbonyl (C=O) groups excluding carboxylic acids is 1. The van der Waals surface area contributed by atoms with E-state index in [-0.39, 0.29) is 17.6 Å². The van der Waals surface area contributed by atoms with Crippen LogP contribution in [0.5, 0.6) is 5.75 Å². The number of halogens is 3. The van der Waals surface area contributed by atoms with Crippen LogP contribution in [0.4, 0.5) is 13.2 Å². The molecule has 0 aromatic heterocycles. The minimum Gasteiger partial charge on any atom is -0.379 e. The summed E-state index contributed by atoms with van der Waals surface area (Å²) in [6.45, 7) is 5.08. The SMILES string of the molecule is CC(C)CN(Cc1ccc(OS(=O)(=O)c2cccc(C(F)(F)F)c2)cc1)C(=O)C1CC1. The summed E-state index contributed by atoms with van der Waals surface area (Å²) in [7, 11) is -4.43. The molecule has 0 N–H and O–H groups in total. The van der Waals surface area contributed by atoms with Gasteiger partial charge < -0.3 is 9.08 Å². The summed E-state index contributed by atoms with van der Waals surface area (Å²) >= 11 is 0. The summed E-state index contributed by atoms with van der Waals surface area (Å²) in [6, 6.07) is 9.53. The lowest BCUT2D eigenvalue weighted by molar-refractivity contribution is -0.137. The Bertz CT molecular complexity index is 1030. The highest BCUT2D eigenvalue weighted by molar-refractivity contribution is 7.87. The molecule has 0 saturated heterocycles. The number of hydrogen-bond donors (Lipinski definition) is 0. The summed E-state index contributed by atoms with van der Waals surface area (Å²) in [5.74, 6) is 0.508. The molecule has 1 saturated carbocycles. The Balaban J connectivity index is 1.71. The van der Waals surface area contributed by atoms with Crippen LogP contribution in [0.1, 0.15) is 37.8 Å². The predicted octanol–water partition coefficient (Wildman–Crippen LogP) is 4.87. The lowest BCUT2D eigenvalue weighted by atomic mass is 10.1. The average Bonchev–Trinajstić information content (AvgIpc) is 3.52. The van der Waals surface area contributed by atoms with E-state index in [1.165, 1.54) is 12.1 Å². The summed E-state index contributed by atoms with van der Waals surface area (Å²) in [5, 5.41) is 0. The molecule has 0 spiro atoms. The highest BCUT2D eigenvalue weighted by Gasteiger charge is 2.34. The van der Waals surface area contributed by atoms with Crippen LogP contribution < -0.4 is 4.18 Å². The first kappa shape index (κ1) is 23.1. The monoisotopic (exact) mass is 455 g/mol. The standard InChI is InChI=1S/C22H24F3NO4S/c1-15(2)13-26(21(27)17-8-9-17)14-16-6-10-19(11-7-16)30-31(28,29)20-5-3-4-18(12-20)22(23,24)25/h3-7,10-12,15,17H,8-9,13-14H2,1-2H3. The van der Waals surface area contributed by atoms with Crippen molar-refractivity contribution < 1.29 is 30.6 Å². The predicted molar refractivity (Wildman–Crippen MR) is 109 cm³/mol. The molecule has 3 rings (SSSR count). The van der Waals surface area contributed by atoms with Crippen LogP contribution >= 0.6 is 0 Å². The Kier molecular flexibility index (Phi) is 6.64. The Labute approximate surface area is 179 Å². The van der Waals surface area contributed by atoms with Crippen LogP contribution in [0.15, 0.2) is 53.4 Å². The van der Waals surface area contributed by atoms with E-state index in [1.54, 1.807) is 17.0 Å². The number of nitrogens with zero attached hydrogens (tertiary/aromatic N) is 1. The summed E-state index contributed by atoms with van der Waals surface area (Å²) in [6.07, 6.45) is -2.84. The fourth-order valence-electron chi connectivity index (χ4n) is 3.14. The van der Waals surface area contributed by atoms with E-state index in [2.05, 4.69) is 0 Å². The maximum atomic E-state index is 12.9. The first-order valence-electron chi connectivity index (χ1n) is 9.95. The van der Waals surface area contributed by atoms with Crippen molar-refractivity contribution in [2.24, 2.45) is 11.8 Å². The van der Waals surface area contributed by atoms with Gasteiger partial charge in [0.1, 0.15) is 10.6 Å². The molecular weight excluding hydrogens is 431 g/mol. The molecule has 5 nitrogen and oxygen atoms in total. The maximum absolute atomic E-state index is 12.9. The molecular formula is C22H24F3NO4S. The number of benzene rings is 2. The third-order valence-electron chi connectivity index (χ3n) is 4.78. The second kappa shape index (κ2) is 8.90. The molecule has 2 aromatic carbocycles. The van der Waals surface area contributed by atoms with Gasteiger partial charge in [-0.15, -0.1) is 0 Å². The van der Waals surface area contributed by atoms with Gasteiger partial charge in [-0.1, -0.05) is 32.0 Å². The Morgan fingerprint density at radius 3 is 2.32 bits per heavy atom. The largest absolute Gasteiger partial charge is 0.416 e. The number of hydrogen-bond acceptors (Lipinski definition) is 4. The quantitative estimate of drug-likeness (QED) is 0.533. The van der Waals surface area contributed by atoms with Gasteiger partial charge in [-0.3, -0.25) is 4.79 Å². The van der Waals surface area contributed by atoms with Crippen LogP contribution in [0.3, 0.4) is 0 Å². The first-order chi connectivity index (χ1) is 14.5. The van der Waals surface area contributed by atoms with Gasteiger partial charge in [-0.2, -0.15) is 21.6 Å². The van der Waals surface area contributed by atoms with Gasteiger partial charge in [0.05, 0.1) is 5.56 Å². The van der Waals surface area contributed by atoms with E-state index in [9.17, 15) is 26.4 Å². The molecule has 1 aliphatic rings. The van der Waals surface area contributed by atoms with Crippen molar-refractivity contribution >= 4 is 16.0 Å².